The van der Waals surface area contributed by atoms with E-state index in [1.165, 1.54) is 0 Å². The van der Waals surface area contributed by atoms with E-state index in [2.05, 4.69) is 5.32 Å². The molecule has 0 heterocycles. The number of carbonyl (C=O) groups excluding carboxylic acids is 1. The molecule has 3 nitrogen and oxygen atoms in total. The fourth-order valence-electron chi connectivity index (χ4n) is 2.38. The number of thioether (sulfide) groups is 1. The van der Waals surface area contributed by atoms with Gasteiger partial charge in [-0.1, -0.05) is 6.42 Å². The van der Waals surface area contributed by atoms with Gasteiger partial charge < -0.3 is 10.4 Å². The molecule has 0 aliphatic heterocycles. The van der Waals surface area contributed by atoms with E-state index in [-0.39, 0.29) is 25.4 Å². The minimum Gasteiger partial charge on any atom is -0.396 e. The van der Waals surface area contributed by atoms with Crippen molar-refractivity contribution < 1.29 is 23.1 Å². The average molecular weight is 313 g/mol. The quantitative estimate of drug-likeness (QED) is 0.710. The molecule has 7 heteroatoms. The van der Waals surface area contributed by atoms with Gasteiger partial charge in [0.25, 0.3) is 0 Å². The highest BCUT2D eigenvalue weighted by Gasteiger charge is 2.43. The standard InChI is InChI=1S/C13H22F3NO2S/c14-13(15,16)11-4-1-3-10(9-11)12(19)17-5-8-20-7-2-6-18/h10-11,18H,1-9H2,(H,17,19). The van der Waals surface area contributed by atoms with E-state index < -0.39 is 18.0 Å². The lowest BCUT2D eigenvalue weighted by Gasteiger charge is -2.29. The highest BCUT2D eigenvalue weighted by molar-refractivity contribution is 7.99. The Kier molecular flexibility index (Phi) is 7.72. The zero-order valence-electron chi connectivity index (χ0n) is 11.4. The summed E-state index contributed by atoms with van der Waals surface area (Å²) < 4.78 is 37.9. The molecule has 2 unspecified atom stereocenters. The van der Waals surface area contributed by atoms with Gasteiger partial charge in [0.05, 0.1) is 5.92 Å². The molecule has 0 spiro atoms. The van der Waals surface area contributed by atoms with Crippen molar-refractivity contribution in [1.82, 2.24) is 5.32 Å². The molecule has 0 aromatic heterocycles. The molecule has 2 N–H and O–H groups in total. The molecule has 1 saturated carbocycles. The first kappa shape index (κ1) is 17.6. The molecule has 1 amide bonds. The molecule has 2 atom stereocenters. The Balaban J connectivity index is 2.22. The van der Waals surface area contributed by atoms with E-state index in [4.69, 9.17) is 5.11 Å². The topological polar surface area (TPSA) is 49.3 Å². The van der Waals surface area contributed by atoms with Crippen molar-refractivity contribution in [3.05, 3.63) is 0 Å². The Morgan fingerprint density at radius 2 is 2.05 bits per heavy atom. The van der Waals surface area contributed by atoms with Crippen LogP contribution in [0.5, 0.6) is 0 Å². The maximum Gasteiger partial charge on any atom is 0.391 e. The van der Waals surface area contributed by atoms with E-state index >= 15 is 0 Å². The number of hydrogen-bond donors (Lipinski definition) is 2. The zero-order chi connectivity index (χ0) is 15.0. The second kappa shape index (κ2) is 8.77. The molecule has 118 valence electrons. The number of rotatable bonds is 7. The molecule has 1 aliphatic rings. The van der Waals surface area contributed by atoms with Gasteiger partial charge in [0.2, 0.25) is 5.91 Å². The average Bonchev–Trinajstić information content (AvgIpc) is 2.41. The van der Waals surface area contributed by atoms with Crippen LogP contribution in [0.3, 0.4) is 0 Å². The second-order valence-corrected chi connectivity index (χ2v) is 6.31. The number of amides is 1. The van der Waals surface area contributed by atoms with Gasteiger partial charge in [0, 0.05) is 24.8 Å². The molecule has 1 aliphatic carbocycles. The second-order valence-electron chi connectivity index (χ2n) is 5.08. The molecule has 0 aromatic rings. The van der Waals surface area contributed by atoms with Crippen molar-refractivity contribution in [3.63, 3.8) is 0 Å². The van der Waals surface area contributed by atoms with Gasteiger partial charge >= 0.3 is 6.18 Å². The lowest BCUT2D eigenvalue weighted by Crippen LogP contribution is -2.38. The lowest BCUT2D eigenvalue weighted by atomic mass is 9.80. The van der Waals surface area contributed by atoms with Crippen LogP contribution in [-0.4, -0.2) is 41.8 Å². The molecule has 1 rings (SSSR count). The summed E-state index contributed by atoms with van der Waals surface area (Å²) in [5.74, 6) is -0.530. The Morgan fingerprint density at radius 3 is 2.70 bits per heavy atom. The van der Waals surface area contributed by atoms with Crippen molar-refractivity contribution in [3.8, 4) is 0 Å². The van der Waals surface area contributed by atoms with Crippen LogP contribution in [0.15, 0.2) is 0 Å². The summed E-state index contributed by atoms with van der Waals surface area (Å²) in [6.45, 7) is 0.627. The first-order chi connectivity index (χ1) is 9.45. The first-order valence-electron chi connectivity index (χ1n) is 6.98. The van der Waals surface area contributed by atoms with E-state index in [0.29, 0.717) is 25.8 Å². The van der Waals surface area contributed by atoms with Crippen molar-refractivity contribution >= 4 is 17.7 Å². The lowest BCUT2D eigenvalue weighted by molar-refractivity contribution is -0.186. The summed E-state index contributed by atoms with van der Waals surface area (Å²) in [5.41, 5.74) is 0. The monoisotopic (exact) mass is 313 g/mol. The van der Waals surface area contributed by atoms with Gasteiger partial charge in [0.1, 0.15) is 0 Å². The van der Waals surface area contributed by atoms with Crippen LogP contribution < -0.4 is 5.32 Å². The van der Waals surface area contributed by atoms with Crippen LogP contribution in [0, 0.1) is 11.8 Å². The largest absolute Gasteiger partial charge is 0.396 e. The third kappa shape index (κ3) is 6.35. The fourth-order valence-corrected chi connectivity index (χ4v) is 3.17. The summed E-state index contributed by atoms with van der Waals surface area (Å²) in [7, 11) is 0. The molecular formula is C13H22F3NO2S. The summed E-state index contributed by atoms with van der Waals surface area (Å²) >= 11 is 1.62. The Bertz CT molecular complexity index is 300. The fraction of sp³-hybridized carbons (Fsp3) is 0.923. The van der Waals surface area contributed by atoms with Gasteiger partial charge in [-0.15, -0.1) is 0 Å². The molecule has 0 saturated heterocycles. The summed E-state index contributed by atoms with van der Waals surface area (Å²) in [5, 5.41) is 11.3. The Hall–Kier alpha value is -0.430. The Morgan fingerprint density at radius 1 is 1.30 bits per heavy atom. The predicted octanol–water partition coefficient (Wildman–Crippen LogP) is 2.59. The van der Waals surface area contributed by atoms with Crippen molar-refractivity contribution in [2.24, 2.45) is 11.8 Å². The van der Waals surface area contributed by atoms with E-state index in [1.807, 2.05) is 0 Å². The number of aliphatic hydroxyl groups is 1. The number of hydrogen-bond acceptors (Lipinski definition) is 3. The normalized spacial score (nSPS) is 23.6. The van der Waals surface area contributed by atoms with E-state index in [0.717, 1.165) is 11.5 Å². The third-order valence-corrected chi connectivity index (χ3v) is 4.57. The maximum atomic E-state index is 12.6. The first-order valence-corrected chi connectivity index (χ1v) is 8.13. The van der Waals surface area contributed by atoms with Crippen LogP contribution >= 0.6 is 11.8 Å². The summed E-state index contributed by atoms with van der Waals surface area (Å²) in [6, 6.07) is 0. The molecule has 0 aromatic carbocycles. The van der Waals surface area contributed by atoms with Crippen LogP contribution in [0.1, 0.15) is 32.1 Å². The van der Waals surface area contributed by atoms with Gasteiger partial charge in [-0.3, -0.25) is 4.79 Å². The van der Waals surface area contributed by atoms with Crippen LogP contribution in [0.2, 0.25) is 0 Å². The predicted molar refractivity (Wildman–Crippen MR) is 73.5 cm³/mol. The molecular weight excluding hydrogens is 291 g/mol. The molecule has 0 radical (unpaired) electrons. The minimum atomic E-state index is -4.18. The Labute approximate surface area is 121 Å². The van der Waals surface area contributed by atoms with E-state index in [1.54, 1.807) is 11.8 Å². The smallest absolute Gasteiger partial charge is 0.391 e. The van der Waals surface area contributed by atoms with Gasteiger partial charge in [-0.25, -0.2) is 0 Å². The van der Waals surface area contributed by atoms with Crippen LogP contribution in [0.4, 0.5) is 13.2 Å². The van der Waals surface area contributed by atoms with Crippen LogP contribution in [0.25, 0.3) is 0 Å². The summed E-state index contributed by atoms with van der Waals surface area (Å²) in [6.07, 6.45) is -2.38. The molecule has 1 fully saturated rings. The molecule has 0 bridgehead atoms. The molecule has 20 heavy (non-hydrogen) atoms. The highest BCUT2D eigenvalue weighted by Crippen LogP contribution is 2.39. The van der Waals surface area contributed by atoms with Crippen LogP contribution in [-0.2, 0) is 4.79 Å². The third-order valence-electron chi connectivity index (χ3n) is 3.50. The number of halogens is 3. The van der Waals surface area contributed by atoms with Crippen molar-refractivity contribution in [2.75, 3.05) is 24.7 Å². The zero-order valence-corrected chi connectivity index (χ0v) is 12.2. The van der Waals surface area contributed by atoms with E-state index in [9.17, 15) is 18.0 Å². The van der Waals surface area contributed by atoms with Gasteiger partial charge in [-0.05, 0) is 31.4 Å². The summed E-state index contributed by atoms with van der Waals surface area (Å²) in [4.78, 5) is 11.8. The SMILES string of the molecule is O=C(NCCSCCCO)C1CCCC(C(F)(F)F)C1. The number of nitrogens with one attached hydrogen (secondary N) is 1. The van der Waals surface area contributed by atoms with Crippen molar-refractivity contribution in [2.45, 2.75) is 38.3 Å². The highest BCUT2D eigenvalue weighted by atomic mass is 32.2. The number of carbonyl (C=O) groups is 1. The minimum absolute atomic E-state index is 0.0764. The van der Waals surface area contributed by atoms with Crippen molar-refractivity contribution in [1.29, 1.82) is 0 Å². The number of alkyl halides is 3. The number of aliphatic hydroxyl groups excluding tert-OH is 1. The van der Waals surface area contributed by atoms with Gasteiger partial charge in [-0.2, -0.15) is 24.9 Å². The van der Waals surface area contributed by atoms with Gasteiger partial charge in [0.15, 0.2) is 0 Å². The maximum absolute atomic E-state index is 12.6.